The maximum Gasteiger partial charge on any atom is 0.0701 e. The maximum absolute atomic E-state index is 5.44. The highest BCUT2D eigenvalue weighted by atomic mass is 79.9. The lowest BCUT2D eigenvalue weighted by Crippen LogP contribution is -2.47. The number of morpholine rings is 1. The van der Waals surface area contributed by atoms with Crippen LogP contribution in [0.25, 0.3) is 0 Å². The topological polar surface area (TPSA) is 24.5 Å². The fourth-order valence-corrected chi connectivity index (χ4v) is 3.12. The molecule has 1 atom stereocenters. The summed E-state index contributed by atoms with van der Waals surface area (Å²) in [7, 11) is 2.15. The second kappa shape index (κ2) is 6.12. The average molecular weight is 305 g/mol. The van der Waals surface area contributed by atoms with Crippen molar-refractivity contribution in [1.82, 2.24) is 10.2 Å². The first kappa shape index (κ1) is 12.5. The number of hydrogen-bond donors (Lipinski definition) is 1. The molecular formula is C11H17BrN2OS. The number of hydrogen-bond acceptors (Lipinski definition) is 4. The third kappa shape index (κ3) is 3.82. The van der Waals surface area contributed by atoms with Crippen LogP contribution in [0, 0.1) is 0 Å². The molecule has 90 valence electrons. The van der Waals surface area contributed by atoms with Gasteiger partial charge < -0.3 is 15.0 Å². The Bertz CT molecular complexity index is 326. The Kier molecular flexibility index (Phi) is 4.79. The highest BCUT2D eigenvalue weighted by Gasteiger charge is 2.15. The number of thiophene rings is 1. The maximum atomic E-state index is 5.44. The van der Waals surface area contributed by atoms with Gasteiger partial charge in [-0.05, 0) is 40.0 Å². The van der Waals surface area contributed by atoms with E-state index < -0.39 is 0 Å². The van der Waals surface area contributed by atoms with Crippen LogP contribution < -0.4 is 5.32 Å². The molecule has 0 bridgehead atoms. The van der Waals surface area contributed by atoms with Crippen molar-refractivity contribution in [2.75, 3.05) is 33.4 Å². The van der Waals surface area contributed by atoms with Crippen molar-refractivity contribution in [1.29, 1.82) is 0 Å². The molecule has 1 fully saturated rings. The summed E-state index contributed by atoms with van der Waals surface area (Å²) in [4.78, 5) is 2.33. The Balaban J connectivity index is 1.77. The molecule has 2 heterocycles. The molecule has 1 aliphatic heterocycles. The molecule has 1 aliphatic rings. The average Bonchev–Trinajstić information content (AvgIpc) is 2.65. The van der Waals surface area contributed by atoms with E-state index in [9.17, 15) is 0 Å². The number of nitrogens with one attached hydrogen (secondary N) is 1. The van der Waals surface area contributed by atoms with Crippen LogP contribution in [0.3, 0.4) is 0 Å². The molecule has 16 heavy (non-hydrogen) atoms. The zero-order chi connectivity index (χ0) is 11.4. The normalized spacial score (nSPS) is 21.6. The van der Waals surface area contributed by atoms with Gasteiger partial charge >= 0.3 is 0 Å². The van der Waals surface area contributed by atoms with Gasteiger partial charge in [0, 0.05) is 25.7 Å². The highest BCUT2D eigenvalue weighted by molar-refractivity contribution is 9.11. The first-order chi connectivity index (χ1) is 7.74. The Labute approximate surface area is 109 Å². The molecule has 5 heteroatoms. The molecule has 2 rings (SSSR count). The predicted octanol–water partition coefficient (Wildman–Crippen LogP) is 1.93. The second-order valence-corrected chi connectivity index (χ2v) is 6.47. The Morgan fingerprint density at radius 2 is 2.56 bits per heavy atom. The van der Waals surface area contributed by atoms with Gasteiger partial charge in [0.25, 0.3) is 0 Å². The monoisotopic (exact) mass is 304 g/mol. The van der Waals surface area contributed by atoms with E-state index in [1.54, 1.807) is 11.3 Å². The molecule has 1 aromatic rings. The van der Waals surface area contributed by atoms with Crippen LogP contribution in [0.1, 0.15) is 5.56 Å². The summed E-state index contributed by atoms with van der Waals surface area (Å²) >= 11 is 5.23. The molecule has 0 amide bonds. The molecule has 0 spiro atoms. The van der Waals surface area contributed by atoms with E-state index in [1.807, 2.05) is 0 Å². The smallest absolute Gasteiger partial charge is 0.0701 e. The lowest BCUT2D eigenvalue weighted by atomic mass is 10.2. The van der Waals surface area contributed by atoms with E-state index >= 15 is 0 Å². The molecule has 0 saturated carbocycles. The van der Waals surface area contributed by atoms with Gasteiger partial charge in [-0.2, -0.15) is 0 Å². The SMILES string of the molecule is CN(Cc1csc(Br)c1)CC1COCCN1. The van der Waals surface area contributed by atoms with Gasteiger partial charge in [0.15, 0.2) is 0 Å². The lowest BCUT2D eigenvalue weighted by Gasteiger charge is -2.28. The second-order valence-electron chi connectivity index (χ2n) is 4.18. The standard InChI is InChI=1S/C11H17BrN2OS/c1-14(5-9-4-11(12)16-8-9)6-10-7-15-3-2-13-10/h4,8,10,13H,2-3,5-7H2,1H3. The van der Waals surface area contributed by atoms with Crippen molar-refractivity contribution in [2.45, 2.75) is 12.6 Å². The van der Waals surface area contributed by atoms with Crippen molar-refractivity contribution in [2.24, 2.45) is 0 Å². The third-order valence-corrected chi connectivity index (χ3v) is 4.16. The van der Waals surface area contributed by atoms with E-state index in [0.717, 1.165) is 32.8 Å². The van der Waals surface area contributed by atoms with Gasteiger partial charge in [0.1, 0.15) is 0 Å². The van der Waals surface area contributed by atoms with Gasteiger partial charge in [-0.3, -0.25) is 0 Å². The van der Waals surface area contributed by atoms with Crippen molar-refractivity contribution >= 4 is 27.3 Å². The number of rotatable bonds is 4. The van der Waals surface area contributed by atoms with Gasteiger partial charge in [-0.15, -0.1) is 11.3 Å². The van der Waals surface area contributed by atoms with E-state index in [1.165, 1.54) is 9.35 Å². The molecule has 1 N–H and O–H groups in total. The lowest BCUT2D eigenvalue weighted by molar-refractivity contribution is 0.0645. The molecule has 0 radical (unpaired) electrons. The Hall–Kier alpha value is 0.0600. The number of nitrogens with zero attached hydrogens (tertiary/aromatic N) is 1. The first-order valence-electron chi connectivity index (χ1n) is 5.46. The summed E-state index contributed by atoms with van der Waals surface area (Å²) in [5, 5.41) is 5.67. The van der Waals surface area contributed by atoms with E-state index in [0.29, 0.717) is 6.04 Å². The fraction of sp³-hybridized carbons (Fsp3) is 0.636. The van der Waals surface area contributed by atoms with E-state index in [2.05, 4.69) is 44.6 Å². The van der Waals surface area contributed by atoms with Crippen molar-refractivity contribution in [3.63, 3.8) is 0 Å². The summed E-state index contributed by atoms with van der Waals surface area (Å²) < 4.78 is 6.65. The molecule has 0 aromatic carbocycles. The van der Waals surface area contributed by atoms with Crippen molar-refractivity contribution in [3.05, 3.63) is 20.8 Å². The third-order valence-electron chi connectivity index (χ3n) is 2.60. The van der Waals surface area contributed by atoms with E-state index in [-0.39, 0.29) is 0 Å². The largest absolute Gasteiger partial charge is 0.378 e. The molecule has 3 nitrogen and oxygen atoms in total. The molecule has 1 saturated heterocycles. The number of ether oxygens (including phenoxy) is 1. The van der Waals surface area contributed by atoms with Crippen LogP contribution in [0.5, 0.6) is 0 Å². The zero-order valence-electron chi connectivity index (χ0n) is 9.41. The summed E-state index contributed by atoms with van der Waals surface area (Å²) in [6.45, 7) is 4.69. The summed E-state index contributed by atoms with van der Waals surface area (Å²) in [6, 6.07) is 2.66. The minimum atomic E-state index is 0.473. The molecule has 1 aromatic heterocycles. The molecular weight excluding hydrogens is 288 g/mol. The quantitative estimate of drug-likeness (QED) is 0.920. The predicted molar refractivity (Wildman–Crippen MR) is 71.0 cm³/mol. The van der Waals surface area contributed by atoms with Gasteiger partial charge in [-0.25, -0.2) is 0 Å². The van der Waals surface area contributed by atoms with Crippen molar-refractivity contribution in [3.8, 4) is 0 Å². The van der Waals surface area contributed by atoms with E-state index in [4.69, 9.17) is 4.74 Å². The van der Waals surface area contributed by atoms with Crippen LogP contribution >= 0.6 is 27.3 Å². The first-order valence-corrected chi connectivity index (χ1v) is 7.14. The fourth-order valence-electron chi connectivity index (χ4n) is 1.92. The van der Waals surface area contributed by atoms with Gasteiger partial charge in [0.2, 0.25) is 0 Å². The minimum Gasteiger partial charge on any atom is -0.378 e. The molecule has 1 unspecified atom stereocenters. The van der Waals surface area contributed by atoms with Gasteiger partial charge in [0.05, 0.1) is 17.0 Å². The number of halogens is 1. The Morgan fingerprint density at radius 1 is 1.69 bits per heavy atom. The van der Waals surface area contributed by atoms with Crippen LogP contribution in [0.15, 0.2) is 15.2 Å². The Morgan fingerprint density at radius 3 is 3.19 bits per heavy atom. The van der Waals surface area contributed by atoms with Crippen LogP contribution in [-0.4, -0.2) is 44.3 Å². The zero-order valence-corrected chi connectivity index (χ0v) is 11.8. The van der Waals surface area contributed by atoms with Crippen LogP contribution in [0.4, 0.5) is 0 Å². The number of likely N-dealkylation sites (N-methyl/N-ethyl adjacent to an activating group) is 1. The van der Waals surface area contributed by atoms with Gasteiger partial charge in [-0.1, -0.05) is 0 Å². The summed E-state index contributed by atoms with van der Waals surface area (Å²) in [6.07, 6.45) is 0. The minimum absolute atomic E-state index is 0.473. The summed E-state index contributed by atoms with van der Waals surface area (Å²) in [5.41, 5.74) is 1.37. The molecule has 0 aliphatic carbocycles. The highest BCUT2D eigenvalue weighted by Crippen LogP contribution is 2.21. The van der Waals surface area contributed by atoms with Crippen LogP contribution in [-0.2, 0) is 11.3 Å². The summed E-state index contributed by atoms with van der Waals surface area (Å²) in [5.74, 6) is 0. The van der Waals surface area contributed by atoms with Crippen molar-refractivity contribution < 1.29 is 4.74 Å². The van der Waals surface area contributed by atoms with Crippen LogP contribution in [0.2, 0.25) is 0 Å².